The zero-order valence-corrected chi connectivity index (χ0v) is 17.8. The summed E-state index contributed by atoms with van der Waals surface area (Å²) in [5.74, 6) is 2.70. The molecule has 0 radical (unpaired) electrons. The number of nitrogen functional groups attached to an aromatic ring is 1. The van der Waals surface area contributed by atoms with Gasteiger partial charge in [0.2, 0.25) is 12.4 Å². The number of rotatable bonds is 5. The van der Waals surface area contributed by atoms with Gasteiger partial charge in [-0.25, -0.2) is 19.3 Å². The lowest BCUT2D eigenvalue weighted by Gasteiger charge is -2.10. The van der Waals surface area contributed by atoms with E-state index in [2.05, 4.69) is 5.32 Å². The number of para-hydroxylation sites is 1. The van der Waals surface area contributed by atoms with Gasteiger partial charge in [0, 0.05) is 31.3 Å². The van der Waals surface area contributed by atoms with Gasteiger partial charge < -0.3 is 10.1 Å². The first-order valence-electron chi connectivity index (χ1n) is 9.85. The summed E-state index contributed by atoms with van der Waals surface area (Å²) in [4.78, 5) is 25.8. The summed E-state index contributed by atoms with van der Waals surface area (Å²) in [6, 6.07) is 13.3. The zero-order chi connectivity index (χ0) is 23.7. The van der Waals surface area contributed by atoms with E-state index in [4.69, 9.17) is 10.6 Å². The second kappa shape index (κ2) is 8.58. The molecule has 168 valence electrons. The van der Waals surface area contributed by atoms with Crippen LogP contribution >= 0.6 is 0 Å². The van der Waals surface area contributed by atoms with Crippen LogP contribution in [-0.2, 0) is 7.05 Å². The molecule has 10 heteroatoms. The van der Waals surface area contributed by atoms with E-state index in [9.17, 15) is 18.4 Å². The predicted octanol–water partition coefficient (Wildman–Crippen LogP) is 2.81. The molecule has 3 N–H and O–H groups in total. The van der Waals surface area contributed by atoms with Crippen LogP contribution in [0, 0.1) is 18.6 Å². The Morgan fingerprint density at radius 2 is 1.73 bits per heavy atom. The average molecular weight is 452 g/mol. The Kier molecular flexibility index (Phi) is 5.65. The molecule has 2 aromatic heterocycles. The number of aromatic nitrogens is 3. The predicted molar refractivity (Wildman–Crippen MR) is 117 cm³/mol. The topological polar surface area (TPSA) is 95.2 Å². The van der Waals surface area contributed by atoms with Crippen LogP contribution in [0.25, 0.3) is 5.69 Å². The van der Waals surface area contributed by atoms with Crippen molar-refractivity contribution < 1.29 is 23.0 Å². The van der Waals surface area contributed by atoms with E-state index in [-0.39, 0.29) is 17.1 Å². The number of nitrogens with two attached hydrogens (primary N) is 1. The SMILES string of the molecule is Cc1c(C(=O)Nc2cc(F)c(Oc3cc[n+](N)cc3)cc2F)c(=O)n(-c2ccccc2)n1C. The van der Waals surface area contributed by atoms with Crippen LogP contribution < -0.4 is 26.1 Å². The highest BCUT2D eigenvalue weighted by molar-refractivity contribution is 6.05. The molecular formula is C23H20F2N5O3+. The number of benzene rings is 2. The van der Waals surface area contributed by atoms with E-state index in [0.717, 1.165) is 12.1 Å². The van der Waals surface area contributed by atoms with Crippen molar-refractivity contribution in [3.63, 3.8) is 0 Å². The molecule has 0 fully saturated rings. The van der Waals surface area contributed by atoms with Crippen molar-refractivity contribution in [2.45, 2.75) is 6.92 Å². The van der Waals surface area contributed by atoms with Crippen molar-refractivity contribution in [3.8, 4) is 17.2 Å². The van der Waals surface area contributed by atoms with Crippen LogP contribution in [-0.4, -0.2) is 15.3 Å². The van der Waals surface area contributed by atoms with E-state index >= 15 is 0 Å². The fraction of sp³-hybridized carbons (Fsp3) is 0.0870. The molecular weight excluding hydrogens is 432 g/mol. The van der Waals surface area contributed by atoms with Crippen molar-refractivity contribution in [2.75, 3.05) is 11.2 Å². The average Bonchev–Trinajstić information content (AvgIpc) is 3.02. The number of hydrogen-bond acceptors (Lipinski definition) is 4. The maximum absolute atomic E-state index is 14.6. The molecule has 4 rings (SSSR count). The molecule has 0 saturated heterocycles. The van der Waals surface area contributed by atoms with Crippen LogP contribution in [0.1, 0.15) is 16.1 Å². The number of anilines is 1. The number of pyridine rings is 1. The Morgan fingerprint density at radius 3 is 2.39 bits per heavy atom. The lowest BCUT2D eigenvalue weighted by Crippen LogP contribution is -2.43. The number of carbonyl (C=O) groups is 1. The summed E-state index contributed by atoms with van der Waals surface area (Å²) in [7, 11) is 1.63. The quantitative estimate of drug-likeness (QED) is 0.360. The molecule has 2 heterocycles. The first-order valence-corrected chi connectivity index (χ1v) is 9.85. The monoisotopic (exact) mass is 452 g/mol. The second-order valence-corrected chi connectivity index (χ2v) is 7.24. The van der Waals surface area contributed by atoms with E-state index < -0.39 is 28.8 Å². The summed E-state index contributed by atoms with van der Waals surface area (Å²) in [5.41, 5.74) is -0.261. The third-order valence-electron chi connectivity index (χ3n) is 5.10. The number of amides is 1. The van der Waals surface area contributed by atoms with Gasteiger partial charge in [-0.05, 0) is 19.1 Å². The zero-order valence-electron chi connectivity index (χ0n) is 17.8. The highest BCUT2D eigenvalue weighted by Gasteiger charge is 2.24. The third-order valence-corrected chi connectivity index (χ3v) is 5.10. The number of nitrogens with one attached hydrogen (secondary N) is 1. The summed E-state index contributed by atoms with van der Waals surface area (Å²) >= 11 is 0. The molecule has 0 spiro atoms. The highest BCUT2D eigenvalue weighted by Crippen LogP contribution is 2.29. The van der Waals surface area contributed by atoms with E-state index in [1.54, 1.807) is 44.3 Å². The van der Waals surface area contributed by atoms with Crippen molar-refractivity contribution in [1.29, 1.82) is 0 Å². The van der Waals surface area contributed by atoms with E-state index in [1.165, 1.54) is 38.6 Å². The summed E-state index contributed by atoms with van der Waals surface area (Å²) in [6.07, 6.45) is 2.95. The summed E-state index contributed by atoms with van der Waals surface area (Å²) in [5, 5.41) is 2.28. The molecule has 0 unspecified atom stereocenters. The van der Waals surface area contributed by atoms with Gasteiger partial charge in [0.15, 0.2) is 17.4 Å². The number of halogens is 2. The second-order valence-electron chi connectivity index (χ2n) is 7.24. The van der Waals surface area contributed by atoms with Gasteiger partial charge in [0.25, 0.3) is 11.5 Å². The van der Waals surface area contributed by atoms with E-state index in [0.29, 0.717) is 11.4 Å². The Hall–Kier alpha value is -4.47. The molecule has 0 atom stereocenters. The number of nitrogens with zero attached hydrogens (tertiary/aromatic N) is 3. The molecule has 4 aromatic rings. The number of ether oxygens (including phenoxy) is 1. The van der Waals surface area contributed by atoms with Crippen LogP contribution in [0.3, 0.4) is 0 Å². The lowest BCUT2D eigenvalue weighted by molar-refractivity contribution is -0.638. The molecule has 2 aromatic carbocycles. The molecule has 0 saturated carbocycles. The molecule has 0 aliphatic heterocycles. The Balaban J connectivity index is 1.62. The lowest BCUT2D eigenvalue weighted by atomic mass is 10.2. The number of hydrogen-bond donors (Lipinski definition) is 2. The molecule has 8 nitrogen and oxygen atoms in total. The van der Waals surface area contributed by atoms with Crippen molar-refractivity contribution >= 4 is 11.6 Å². The van der Waals surface area contributed by atoms with Gasteiger partial charge in [-0.2, -0.15) is 0 Å². The highest BCUT2D eigenvalue weighted by atomic mass is 19.1. The summed E-state index contributed by atoms with van der Waals surface area (Å²) in [6.45, 7) is 1.59. The van der Waals surface area contributed by atoms with Gasteiger partial charge >= 0.3 is 0 Å². The maximum Gasteiger partial charge on any atom is 0.284 e. The maximum atomic E-state index is 14.6. The van der Waals surface area contributed by atoms with Gasteiger partial charge in [0.05, 0.1) is 17.1 Å². The fourth-order valence-electron chi connectivity index (χ4n) is 3.34. The van der Waals surface area contributed by atoms with Crippen molar-refractivity contribution in [2.24, 2.45) is 7.05 Å². The minimum atomic E-state index is -0.929. The first-order chi connectivity index (χ1) is 15.8. The molecule has 0 bridgehead atoms. The molecule has 1 amide bonds. The van der Waals surface area contributed by atoms with Crippen molar-refractivity contribution in [1.82, 2.24) is 9.36 Å². The fourth-order valence-corrected chi connectivity index (χ4v) is 3.34. The normalized spacial score (nSPS) is 10.8. The van der Waals surface area contributed by atoms with Gasteiger partial charge in [-0.3, -0.25) is 14.3 Å². The molecule has 0 aliphatic carbocycles. The molecule has 0 aliphatic rings. The largest absolute Gasteiger partial charge is 0.454 e. The van der Waals surface area contributed by atoms with Gasteiger partial charge in [0.1, 0.15) is 11.3 Å². The van der Waals surface area contributed by atoms with Gasteiger partial charge in [-0.1, -0.05) is 22.9 Å². The number of carbonyl (C=O) groups excluding carboxylic acids is 1. The van der Waals surface area contributed by atoms with Gasteiger partial charge in [-0.15, -0.1) is 0 Å². The first kappa shape index (κ1) is 21.8. The minimum absolute atomic E-state index is 0.180. The molecule has 33 heavy (non-hydrogen) atoms. The Morgan fingerprint density at radius 1 is 1.06 bits per heavy atom. The Labute approximate surface area is 187 Å². The minimum Gasteiger partial charge on any atom is -0.454 e. The van der Waals surface area contributed by atoms with Crippen LogP contribution in [0.2, 0.25) is 0 Å². The van der Waals surface area contributed by atoms with E-state index in [1.807, 2.05) is 0 Å². The van der Waals surface area contributed by atoms with Crippen LogP contribution in [0.15, 0.2) is 71.8 Å². The summed E-state index contributed by atoms with van der Waals surface area (Å²) < 4.78 is 38.7. The standard InChI is InChI=1S/C23H19F2N5O3/c1-14-21(23(32)30(28(14)2)15-6-4-3-5-7-15)22(31)27-19-12-18(25)20(13-17(19)24)33-16-8-10-29(26)11-9-16/h3-13H,26H2,1-2H3/p+1. The third kappa shape index (κ3) is 4.18. The smallest absolute Gasteiger partial charge is 0.284 e. The van der Waals surface area contributed by atoms with Crippen LogP contribution in [0.5, 0.6) is 11.5 Å². The van der Waals surface area contributed by atoms with Crippen LogP contribution in [0.4, 0.5) is 14.5 Å². The van der Waals surface area contributed by atoms with Crippen molar-refractivity contribution in [3.05, 3.63) is 100 Å². The Bertz CT molecular complexity index is 1400.